The number of nitrogens with zero attached hydrogens (tertiary/aromatic N) is 1. The van der Waals surface area contributed by atoms with Gasteiger partial charge in [-0.25, -0.2) is 4.99 Å². The molecule has 0 aliphatic carbocycles. The van der Waals surface area contributed by atoms with Crippen molar-refractivity contribution in [3.8, 4) is 0 Å². The normalized spacial score (nSPS) is 31.8. The number of benzene rings is 1. The van der Waals surface area contributed by atoms with Crippen LogP contribution in [0.2, 0.25) is 0 Å². The van der Waals surface area contributed by atoms with Crippen LogP contribution in [0.25, 0.3) is 0 Å². The van der Waals surface area contributed by atoms with Gasteiger partial charge in [0.15, 0.2) is 0 Å². The molecule has 0 amide bonds. The zero-order valence-electron chi connectivity index (χ0n) is 12.2. The molecule has 0 spiro atoms. The molecule has 24 heavy (non-hydrogen) atoms. The molecule has 0 saturated carbocycles. The zero-order chi connectivity index (χ0) is 17.9. The lowest BCUT2D eigenvalue weighted by Gasteiger charge is -2.39. The fourth-order valence-electron chi connectivity index (χ4n) is 2.05. The molecule has 0 radical (unpaired) electrons. The minimum Gasteiger partial charge on any atom is -0.441 e. The first-order valence-corrected chi connectivity index (χ1v) is 6.92. The van der Waals surface area contributed by atoms with E-state index in [2.05, 4.69) is 9.73 Å². The van der Waals surface area contributed by atoms with Crippen molar-refractivity contribution in [3.05, 3.63) is 30.3 Å². The van der Waals surface area contributed by atoms with Gasteiger partial charge in [-0.3, -0.25) is 0 Å². The van der Waals surface area contributed by atoms with Crippen LogP contribution >= 0.6 is 0 Å². The number of aliphatic hydroxyl groups excluding tert-OH is 4. The summed E-state index contributed by atoms with van der Waals surface area (Å²) in [5.74, 6) is -1.70. The summed E-state index contributed by atoms with van der Waals surface area (Å²) < 4.78 is 48.7. The Balaban J connectivity index is 2.25. The van der Waals surface area contributed by atoms with E-state index >= 15 is 0 Å². The quantitative estimate of drug-likeness (QED) is 0.454. The SMILES string of the molecule is OC[C@H]1OC(O/C(=N/c2ccccc2)C(F)(F)F)[C@H](O)[C@@H](O)[C@@H]1O. The van der Waals surface area contributed by atoms with Crippen LogP contribution in [0.3, 0.4) is 0 Å². The number of halogens is 3. The predicted molar refractivity (Wildman–Crippen MR) is 74.4 cm³/mol. The van der Waals surface area contributed by atoms with Crippen molar-refractivity contribution in [2.75, 3.05) is 6.61 Å². The van der Waals surface area contributed by atoms with Crippen molar-refractivity contribution in [2.24, 2.45) is 4.99 Å². The van der Waals surface area contributed by atoms with Crippen molar-refractivity contribution < 1.29 is 43.1 Å². The van der Waals surface area contributed by atoms with Crippen LogP contribution in [-0.4, -0.2) is 69.8 Å². The van der Waals surface area contributed by atoms with Gasteiger partial charge in [-0.1, -0.05) is 18.2 Å². The van der Waals surface area contributed by atoms with Crippen LogP contribution in [0.15, 0.2) is 35.3 Å². The van der Waals surface area contributed by atoms with E-state index in [1.807, 2.05) is 0 Å². The van der Waals surface area contributed by atoms with Crippen LogP contribution in [0.4, 0.5) is 18.9 Å². The number of para-hydroxylation sites is 1. The molecular formula is C14H16F3NO6. The van der Waals surface area contributed by atoms with Gasteiger partial charge in [0.25, 0.3) is 5.90 Å². The molecule has 1 fully saturated rings. The van der Waals surface area contributed by atoms with Gasteiger partial charge in [0.1, 0.15) is 24.4 Å². The topological polar surface area (TPSA) is 112 Å². The van der Waals surface area contributed by atoms with Crippen molar-refractivity contribution in [3.63, 3.8) is 0 Å². The largest absolute Gasteiger partial charge is 0.468 e. The highest BCUT2D eigenvalue weighted by Gasteiger charge is 2.48. The molecule has 1 saturated heterocycles. The molecule has 10 heteroatoms. The Labute approximate surface area is 134 Å². The average molecular weight is 351 g/mol. The lowest BCUT2D eigenvalue weighted by atomic mass is 9.99. The van der Waals surface area contributed by atoms with E-state index in [1.54, 1.807) is 6.07 Å². The minimum absolute atomic E-state index is 0.0468. The summed E-state index contributed by atoms with van der Waals surface area (Å²) in [4.78, 5) is 3.33. The van der Waals surface area contributed by atoms with E-state index in [0.29, 0.717) is 0 Å². The van der Waals surface area contributed by atoms with Crippen molar-refractivity contribution in [1.29, 1.82) is 0 Å². The maximum absolute atomic E-state index is 13.1. The van der Waals surface area contributed by atoms with E-state index in [4.69, 9.17) is 9.84 Å². The molecule has 1 aliphatic rings. The molecule has 2 rings (SSSR count). The third-order valence-electron chi connectivity index (χ3n) is 3.31. The first kappa shape index (κ1) is 18.6. The maximum Gasteiger partial charge on any atom is 0.468 e. The van der Waals surface area contributed by atoms with Gasteiger partial charge >= 0.3 is 6.18 Å². The van der Waals surface area contributed by atoms with E-state index in [1.165, 1.54) is 24.3 Å². The van der Waals surface area contributed by atoms with Crippen molar-refractivity contribution >= 4 is 11.6 Å². The van der Waals surface area contributed by atoms with Gasteiger partial charge in [0.2, 0.25) is 6.29 Å². The van der Waals surface area contributed by atoms with Crippen LogP contribution in [0.5, 0.6) is 0 Å². The van der Waals surface area contributed by atoms with Gasteiger partial charge in [-0.05, 0) is 12.1 Å². The molecule has 1 unspecified atom stereocenters. The predicted octanol–water partition coefficient (Wildman–Crippen LogP) is 0.0954. The standard InChI is InChI=1S/C14H16F3NO6/c15-14(16,17)13(18-7-4-2-1-3-5-7)24-12-11(22)10(21)9(20)8(6-19)23-12/h1-5,8-12,19-22H,6H2/b18-13+/t8-,9-,10+,11-,12?/m1/s1. The van der Waals surface area contributed by atoms with Crippen LogP contribution < -0.4 is 0 Å². The van der Waals surface area contributed by atoms with Gasteiger partial charge in [-0.2, -0.15) is 13.2 Å². The maximum atomic E-state index is 13.1. The summed E-state index contributed by atoms with van der Waals surface area (Å²) in [6.07, 6.45) is -13.9. The molecule has 5 atom stereocenters. The Morgan fingerprint density at radius 1 is 1.08 bits per heavy atom. The second kappa shape index (κ2) is 7.45. The molecule has 1 aliphatic heterocycles. The second-order valence-corrected chi connectivity index (χ2v) is 5.07. The highest BCUT2D eigenvalue weighted by molar-refractivity contribution is 5.84. The van der Waals surface area contributed by atoms with Gasteiger partial charge in [0.05, 0.1) is 12.3 Å². The monoisotopic (exact) mass is 351 g/mol. The molecule has 4 N–H and O–H groups in total. The number of alkyl halides is 3. The lowest BCUT2D eigenvalue weighted by molar-refractivity contribution is -0.285. The van der Waals surface area contributed by atoms with Crippen molar-refractivity contribution in [1.82, 2.24) is 0 Å². The highest BCUT2D eigenvalue weighted by Crippen LogP contribution is 2.27. The summed E-state index contributed by atoms with van der Waals surface area (Å²) in [6.45, 7) is -0.790. The Bertz CT molecular complexity index is 565. The first-order valence-electron chi connectivity index (χ1n) is 6.92. The van der Waals surface area contributed by atoms with Gasteiger partial charge < -0.3 is 29.9 Å². The number of ether oxygens (including phenoxy) is 2. The Morgan fingerprint density at radius 3 is 2.25 bits per heavy atom. The fourth-order valence-corrected chi connectivity index (χ4v) is 2.05. The smallest absolute Gasteiger partial charge is 0.441 e. The minimum atomic E-state index is -4.99. The molecule has 1 aromatic rings. The van der Waals surface area contributed by atoms with Gasteiger partial charge in [0, 0.05) is 0 Å². The fraction of sp³-hybridized carbons (Fsp3) is 0.500. The number of rotatable bonds is 3. The van der Waals surface area contributed by atoms with E-state index in [0.717, 1.165) is 0 Å². The number of aliphatic imine (C=N–C) groups is 1. The van der Waals surface area contributed by atoms with E-state index in [9.17, 15) is 28.5 Å². The molecule has 1 aromatic carbocycles. The molecule has 7 nitrogen and oxygen atoms in total. The lowest BCUT2D eigenvalue weighted by Crippen LogP contribution is -2.59. The van der Waals surface area contributed by atoms with Crippen LogP contribution in [0.1, 0.15) is 0 Å². The zero-order valence-corrected chi connectivity index (χ0v) is 12.2. The van der Waals surface area contributed by atoms with Crippen molar-refractivity contribution in [2.45, 2.75) is 36.9 Å². The first-order chi connectivity index (χ1) is 11.2. The Hall–Kier alpha value is -1.72. The number of aliphatic hydroxyl groups is 4. The molecule has 1 heterocycles. The molecule has 0 bridgehead atoms. The third-order valence-corrected chi connectivity index (χ3v) is 3.31. The highest BCUT2D eigenvalue weighted by atomic mass is 19.4. The average Bonchev–Trinajstić information content (AvgIpc) is 2.54. The summed E-state index contributed by atoms with van der Waals surface area (Å²) >= 11 is 0. The molecule has 0 aromatic heterocycles. The Morgan fingerprint density at radius 2 is 1.71 bits per heavy atom. The van der Waals surface area contributed by atoms with Crippen LogP contribution in [-0.2, 0) is 9.47 Å². The summed E-state index contributed by atoms with van der Waals surface area (Å²) in [5, 5.41) is 37.9. The summed E-state index contributed by atoms with van der Waals surface area (Å²) in [5.41, 5.74) is -0.0468. The molecule has 134 valence electrons. The Kier molecular flexibility index (Phi) is 5.78. The van der Waals surface area contributed by atoms with Crippen LogP contribution in [0, 0.1) is 0 Å². The summed E-state index contributed by atoms with van der Waals surface area (Å²) in [7, 11) is 0. The van der Waals surface area contributed by atoms with E-state index < -0.39 is 49.4 Å². The second-order valence-electron chi connectivity index (χ2n) is 5.07. The van der Waals surface area contributed by atoms with E-state index in [-0.39, 0.29) is 5.69 Å². The van der Waals surface area contributed by atoms with Gasteiger partial charge in [-0.15, -0.1) is 0 Å². The third kappa shape index (κ3) is 4.22. The number of hydrogen-bond acceptors (Lipinski definition) is 7. The number of hydrogen-bond donors (Lipinski definition) is 4. The molecular weight excluding hydrogens is 335 g/mol. The summed E-state index contributed by atoms with van der Waals surface area (Å²) in [6, 6.07) is 7.15.